The van der Waals surface area contributed by atoms with E-state index >= 15 is 0 Å². The van der Waals surface area contributed by atoms with E-state index in [9.17, 15) is 33.1 Å². The van der Waals surface area contributed by atoms with Crippen LogP contribution in [0.15, 0.2) is 78.0 Å². The number of nitrogens with one attached hydrogen (secondary N) is 1. The molecule has 43 heavy (non-hydrogen) atoms. The molecule has 3 atom stereocenters. The number of phenolic OH excluding ortho intramolecular Hbond substituents is 1. The van der Waals surface area contributed by atoms with Crippen LogP contribution in [-0.2, 0) is 31.4 Å². The average molecular weight is 607 g/mol. The molecule has 2 fully saturated rings. The van der Waals surface area contributed by atoms with Gasteiger partial charge in [-0.1, -0.05) is 45.0 Å². The molecule has 3 aromatic rings. The second kappa shape index (κ2) is 11.4. The molecule has 3 unspecified atom stereocenters. The zero-order valence-corrected chi connectivity index (χ0v) is 25.0. The predicted octanol–water partition coefficient (Wildman–Crippen LogP) is 1.91. The molecular weight excluding hydrogens is 572 g/mol. The van der Waals surface area contributed by atoms with Crippen molar-refractivity contribution in [2.75, 3.05) is 13.1 Å². The number of carbonyl (C=O) groups excluding carboxylic acids is 3. The molecule has 2 N–H and O–H groups in total. The fourth-order valence-electron chi connectivity index (χ4n) is 5.70. The molecule has 0 spiro atoms. The highest BCUT2D eigenvalue weighted by Gasteiger charge is 2.55. The zero-order chi connectivity index (χ0) is 31.1. The molecule has 226 valence electrons. The van der Waals surface area contributed by atoms with Crippen LogP contribution in [0.2, 0.25) is 0 Å². The summed E-state index contributed by atoms with van der Waals surface area (Å²) >= 11 is 0. The average Bonchev–Trinajstić information content (AvgIpc) is 3.54. The summed E-state index contributed by atoms with van der Waals surface area (Å²) < 4.78 is 28.0. The standard InChI is InChI=1S/C31H34N4O7S/c1-31(2,3)22-11-9-21(10-12-22)29(38)32-24(18-20-7-13-23(36)14-8-20)30(39)33-17-15-25-28(33)26(37)19-35(25)43(41,42)27-6-4-5-16-34(27)40/h4-14,16,24-25,28,36H,15,17-19H2,1-3H3,(H,32,38). The molecule has 2 saturated heterocycles. The number of pyridine rings is 1. The van der Waals surface area contributed by atoms with Gasteiger partial charge in [0.05, 0.1) is 12.6 Å². The van der Waals surface area contributed by atoms with Gasteiger partial charge in [-0.05, 0) is 53.3 Å². The van der Waals surface area contributed by atoms with E-state index in [1.165, 1.54) is 35.2 Å². The Labute approximate surface area is 250 Å². The van der Waals surface area contributed by atoms with Gasteiger partial charge >= 0.3 is 15.0 Å². The van der Waals surface area contributed by atoms with Gasteiger partial charge in [0.1, 0.15) is 17.8 Å². The predicted molar refractivity (Wildman–Crippen MR) is 156 cm³/mol. The third-order valence-electron chi connectivity index (χ3n) is 8.01. The summed E-state index contributed by atoms with van der Waals surface area (Å²) in [6.07, 6.45) is 1.34. The van der Waals surface area contributed by atoms with Crippen LogP contribution in [0, 0.1) is 5.21 Å². The van der Waals surface area contributed by atoms with Gasteiger partial charge < -0.3 is 20.5 Å². The number of Topliss-reactive ketones (excluding diaryl/α,β-unsaturated/α-hetero) is 1. The molecule has 5 rings (SSSR count). The topological polar surface area (TPSA) is 151 Å². The number of hydrogen-bond donors (Lipinski definition) is 2. The van der Waals surface area contributed by atoms with Crippen molar-refractivity contribution in [2.24, 2.45) is 0 Å². The number of hydrogen-bond acceptors (Lipinski definition) is 7. The van der Waals surface area contributed by atoms with Crippen molar-refractivity contribution < 1.29 is 32.6 Å². The number of fused-ring (bicyclic) bond motifs is 1. The molecule has 1 aromatic heterocycles. The van der Waals surface area contributed by atoms with Gasteiger partial charge in [0.25, 0.3) is 5.91 Å². The van der Waals surface area contributed by atoms with Crippen molar-refractivity contribution in [3.05, 3.63) is 94.8 Å². The number of nitrogens with zero attached hydrogens (tertiary/aromatic N) is 3. The normalized spacial score (nSPS) is 19.7. The summed E-state index contributed by atoms with van der Waals surface area (Å²) in [5.74, 6) is -1.40. The minimum atomic E-state index is -4.32. The molecule has 2 aromatic carbocycles. The monoisotopic (exact) mass is 606 g/mol. The maximum atomic E-state index is 14.0. The van der Waals surface area contributed by atoms with Gasteiger partial charge in [-0.15, -0.1) is 0 Å². The van der Waals surface area contributed by atoms with Gasteiger partial charge in [0, 0.05) is 30.7 Å². The number of aromatic hydroxyl groups is 1. The summed E-state index contributed by atoms with van der Waals surface area (Å²) in [5, 5.41) is 24.3. The van der Waals surface area contributed by atoms with Crippen molar-refractivity contribution >= 4 is 27.6 Å². The lowest BCUT2D eigenvalue weighted by Gasteiger charge is -2.28. The quantitative estimate of drug-likeness (QED) is 0.308. The van der Waals surface area contributed by atoms with Crippen molar-refractivity contribution in [2.45, 2.75) is 62.2 Å². The van der Waals surface area contributed by atoms with Crippen LogP contribution in [0.25, 0.3) is 0 Å². The lowest BCUT2D eigenvalue weighted by molar-refractivity contribution is -0.646. The number of phenols is 1. The van der Waals surface area contributed by atoms with Crippen molar-refractivity contribution in [3.8, 4) is 5.75 Å². The molecule has 2 amide bonds. The Morgan fingerprint density at radius 1 is 1.07 bits per heavy atom. The van der Waals surface area contributed by atoms with E-state index in [0.717, 1.165) is 16.1 Å². The first-order valence-electron chi connectivity index (χ1n) is 14.0. The molecule has 2 aliphatic rings. The van der Waals surface area contributed by atoms with E-state index in [2.05, 4.69) is 26.1 Å². The SMILES string of the molecule is CC(C)(C)c1ccc(C(=O)NC(Cc2ccc(O)cc2)C(=O)N2CCC3C2C(=O)CN3S(=O)(=O)c2cccc[n+]2[O-])cc1. The van der Waals surface area contributed by atoms with Crippen molar-refractivity contribution in [3.63, 3.8) is 0 Å². The molecule has 12 heteroatoms. The summed E-state index contributed by atoms with van der Waals surface area (Å²) in [6.45, 7) is 5.82. The van der Waals surface area contributed by atoms with Gasteiger partial charge in [-0.3, -0.25) is 14.4 Å². The van der Waals surface area contributed by atoms with Crippen LogP contribution in [0.1, 0.15) is 48.7 Å². The fourth-order valence-corrected chi connectivity index (χ4v) is 7.36. The third-order valence-corrected chi connectivity index (χ3v) is 9.88. The summed E-state index contributed by atoms with van der Waals surface area (Å²) in [4.78, 5) is 41.9. The number of benzene rings is 2. The van der Waals surface area contributed by atoms with Crippen LogP contribution in [0.4, 0.5) is 0 Å². The smallest absolute Gasteiger partial charge is 0.323 e. The Morgan fingerprint density at radius 3 is 2.37 bits per heavy atom. The minimum Gasteiger partial charge on any atom is -0.618 e. The second-order valence-electron chi connectivity index (χ2n) is 11.9. The van der Waals surface area contributed by atoms with Gasteiger partial charge in [0.2, 0.25) is 5.91 Å². The highest BCUT2D eigenvalue weighted by molar-refractivity contribution is 7.89. The number of rotatable bonds is 7. The first kappa shape index (κ1) is 30.2. The highest BCUT2D eigenvalue weighted by Crippen LogP contribution is 2.34. The number of amides is 2. The van der Waals surface area contributed by atoms with Crippen LogP contribution < -0.4 is 10.0 Å². The first-order valence-corrected chi connectivity index (χ1v) is 15.4. The third kappa shape index (κ3) is 5.98. The number of sulfonamides is 1. The van der Waals surface area contributed by atoms with E-state index in [1.807, 2.05) is 12.1 Å². The minimum absolute atomic E-state index is 0.0488. The molecule has 0 saturated carbocycles. The largest absolute Gasteiger partial charge is 0.618 e. The Kier molecular flexibility index (Phi) is 8.01. The van der Waals surface area contributed by atoms with E-state index < -0.39 is 57.3 Å². The van der Waals surface area contributed by atoms with E-state index in [4.69, 9.17) is 0 Å². The Balaban J connectivity index is 1.40. The summed E-state index contributed by atoms with van der Waals surface area (Å²) in [5.41, 5.74) is 1.96. The van der Waals surface area contributed by atoms with Gasteiger partial charge in [-0.2, -0.15) is 9.04 Å². The number of carbonyl (C=O) groups is 3. The lowest BCUT2D eigenvalue weighted by Crippen LogP contribution is -2.53. The Morgan fingerprint density at radius 2 is 1.74 bits per heavy atom. The molecular formula is C31H34N4O7S. The highest BCUT2D eigenvalue weighted by atomic mass is 32.2. The van der Waals surface area contributed by atoms with Crippen molar-refractivity contribution in [1.29, 1.82) is 0 Å². The number of ketones is 1. The van der Waals surface area contributed by atoms with Crippen LogP contribution in [0.3, 0.4) is 0 Å². The van der Waals surface area contributed by atoms with Crippen LogP contribution in [0.5, 0.6) is 5.75 Å². The maximum absolute atomic E-state index is 14.0. The molecule has 0 aliphatic carbocycles. The second-order valence-corrected chi connectivity index (χ2v) is 13.8. The first-order chi connectivity index (χ1) is 20.3. The van der Waals surface area contributed by atoms with E-state index in [0.29, 0.717) is 11.1 Å². The van der Waals surface area contributed by atoms with Crippen molar-refractivity contribution in [1.82, 2.24) is 14.5 Å². The van der Waals surface area contributed by atoms with Crippen LogP contribution >= 0.6 is 0 Å². The summed E-state index contributed by atoms with van der Waals surface area (Å²) in [6, 6.07) is 14.4. The maximum Gasteiger partial charge on any atom is 0.323 e. The molecule has 0 radical (unpaired) electrons. The molecule has 0 bridgehead atoms. The Bertz CT molecular complexity index is 1650. The number of likely N-dealkylation sites (tertiary alicyclic amines) is 1. The molecule has 2 aliphatic heterocycles. The molecule has 11 nitrogen and oxygen atoms in total. The van der Waals surface area contributed by atoms with E-state index in [1.54, 1.807) is 24.3 Å². The fraction of sp³-hybridized carbons (Fsp3) is 0.355. The van der Waals surface area contributed by atoms with Crippen LogP contribution in [-0.4, -0.2) is 71.5 Å². The van der Waals surface area contributed by atoms with Gasteiger partial charge in [-0.25, -0.2) is 8.42 Å². The van der Waals surface area contributed by atoms with Gasteiger partial charge in [0.15, 0.2) is 12.0 Å². The van der Waals surface area contributed by atoms with E-state index in [-0.39, 0.29) is 35.3 Å². The lowest BCUT2D eigenvalue weighted by atomic mass is 9.86. The zero-order valence-electron chi connectivity index (χ0n) is 24.1. The molecule has 3 heterocycles. The number of aromatic nitrogens is 1. The Hall–Kier alpha value is -4.29. The summed E-state index contributed by atoms with van der Waals surface area (Å²) in [7, 11) is -4.32.